The Kier molecular flexibility index (Phi) is 5.93. The van der Waals surface area contributed by atoms with Crippen LogP contribution in [0.1, 0.15) is 18.4 Å². The van der Waals surface area contributed by atoms with Crippen LogP contribution in [0.4, 0.5) is 18.9 Å². The van der Waals surface area contributed by atoms with Crippen molar-refractivity contribution in [2.75, 3.05) is 5.32 Å². The lowest BCUT2D eigenvalue weighted by atomic mass is 10.2. The molecule has 1 atom stereocenters. The molecular formula is C19H15F3N2O3S. The monoisotopic (exact) mass is 408 g/mol. The molecule has 1 amide bonds. The van der Waals surface area contributed by atoms with E-state index in [2.05, 4.69) is 10.3 Å². The van der Waals surface area contributed by atoms with Crippen molar-refractivity contribution in [2.24, 2.45) is 0 Å². The fraction of sp³-hybridized carbons (Fsp3) is 0.211. The molecule has 1 aromatic heterocycles. The van der Waals surface area contributed by atoms with Gasteiger partial charge in [0.15, 0.2) is 23.6 Å². The molecule has 9 heteroatoms. The van der Waals surface area contributed by atoms with Gasteiger partial charge in [-0.3, -0.25) is 9.59 Å². The molecule has 0 radical (unpaired) electrons. The van der Waals surface area contributed by atoms with Gasteiger partial charge in [0.25, 0.3) is 5.91 Å². The van der Waals surface area contributed by atoms with Gasteiger partial charge in [-0.1, -0.05) is 12.1 Å². The van der Waals surface area contributed by atoms with Gasteiger partial charge in [-0.25, -0.2) is 18.2 Å². The third-order valence-corrected chi connectivity index (χ3v) is 4.95. The molecule has 0 spiro atoms. The maximum absolute atomic E-state index is 13.6. The van der Waals surface area contributed by atoms with Crippen LogP contribution in [0.2, 0.25) is 0 Å². The van der Waals surface area contributed by atoms with E-state index in [1.165, 1.54) is 18.3 Å². The number of rotatable bonds is 6. The molecule has 3 aromatic rings. The van der Waals surface area contributed by atoms with Crippen LogP contribution in [0.3, 0.4) is 0 Å². The second kappa shape index (κ2) is 8.39. The maximum Gasteiger partial charge on any atom is 0.306 e. The van der Waals surface area contributed by atoms with Gasteiger partial charge in [-0.05, 0) is 31.2 Å². The van der Waals surface area contributed by atoms with Crippen LogP contribution >= 0.6 is 11.3 Å². The molecular weight excluding hydrogens is 393 g/mol. The van der Waals surface area contributed by atoms with Gasteiger partial charge in [0.05, 0.1) is 27.3 Å². The fourth-order valence-electron chi connectivity index (χ4n) is 2.40. The van der Waals surface area contributed by atoms with Crippen molar-refractivity contribution >= 4 is 39.1 Å². The highest BCUT2D eigenvalue weighted by atomic mass is 32.1. The Labute approximate surface area is 162 Å². The van der Waals surface area contributed by atoms with Gasteiger partial charge in [0.2, 0.25) is 0 Å². The van der Waals surface area contributed by atoms with Crippen LogP contribution in [0, 0.1) is 17.5 Å². The number of nitrogens with one attached hydrogen (secondary N) is 1. The fourth-order valence-corrected chi connectivity index (χ4v) is 3.37. The number of fused-ring (bicyclic) bond motifs is 1. The molecule has 0 saturated heterocycles. The van der Waals surface area contributed by atoms with E-state index in [1.54, 1.807) is 0 Å². The summed E-state index contributed by atoms with van der Waals surface area (Å²) in [4.78, 5) is 28.4. The Hall–Kier alpha value is -2.94. The number of ether oxygens (including phenoxy) is 1. The lowest BCUT2D eigenvalue weighted by molar-refractivity contribution is -0.153. The van der Waals surface area contributed by atoms with Crippen LogP contribution in [-0.4, -0.2) is 23.0 Å². The summed E-state index contributed by atoms with van der Waals surface area (Å²) in [6, 6.07) is 9.14. The van der Waals surface area contributed by atoms with E-state index in [9.17, 15) is 22.8 Å². The quantitative estimate of drug-likeness (QED) is 0.490. The molecule has 1 N–H and O–H groups in total. The first kappa shape index (κ1) is 19.8. The second-order valence-corrected chi connectivity index (χ2v) is 7.03. The standard InChI is InChI=1S/C19H15F3N2O3S/c1-10(19(26)24-13-7-6-11(20)17(21)18(13)22)27-16(25)9-8-15-23-12-4-2-3-5-14(12)28-15/h2-7,10H,8-9H2,1H3,(H,24,26)/t10-/m0/s1. The van der Waals surface area contributed by atoms with Crippen LogP contribution in [-0.2, 0) is 20.7 Å². The minimum atomic E-state index is -1.70. The van der Waals surface area contributed by atoms with Crippen LogP contribution in [0.15, 0.2) is 36.4 Å². The number of amides is 1. The zero-order chi connectivity index (χ0) is 20.3. The van der Waals surface area contributed by atoms with E-state index in [0.717, 1.165) is 21.3 Å². The Morgan fingerprint density at radius 2 is 1.89 bits per heavy atom. The number of esters is 1. The molecule has 0 aliphatic carbocycles. The van der Waals surface area contributed by atoms with E-state index in [0.29, 0.717) is 12.5 Å². The smallest absolute Gasteiger partial charge is 0.306 e. The highest BCUT2D eigenvalue weighted by molar-refractivity contribution is 7.18. The molecule has 0 unspecified atom stereocenters. The van der Waals surface area contributed by atoms with Crippen LogP contribution < -0.4 is 5.32 Å². The normalized spacial score (nSPS) is 12.0. The van der Waals surface area contributed by atoms with Crippen molar-refractivity contribution in [3.05, 3.63) is 58.9 Å². The Bertz CT molecular complexity index is 1010. The number of anilines is 1. The second-order valence-electron chi connectivity index (χ2n) is 5.92. The first-order chi connectivity index (χ1) is 13.3. The number of halogens is 3. The minimum Gasteiger partial charge on any atom is -0.453 e. The van der Waals surface area contributed by atoms with E-state index in [4.69, 9.17) is 4.74 Å². The maximum atomic E-state index is 13.6. The van der Waals surface area contributed by atoms with Crippen LogP contribution in [0.5, 0.6) is 0 Å². The lowest BCUT2D eigenvalue weighted by Crippen LogP contribution is -2.30. The summed E-state index contributed by atoms with van der Waals surface area (Å²) in [5.74, 6) is -6.09. The van der Waals surface area contributed by atoms with Gasteiger partial charge in [0.1, 0.15) is 0 Å². The highest BCUT2D eigenvalue weighted by Crippen LogP contribution is 2.23. The van der Waals surface area contributed by atoms with Crippen molar-refractivity contribution < 1.29 is 27.5 Å². The summed E-state index contributed by atoms with van der Waals surface area (Å²) < 4.78 is 45.7. The van der Waals surface area contributed by atoms with Crippen molar-refractivity contribution in [2.45, 2.75) is 25.9 Å². The Balaban J connectivity index is 1.53. The minimum absolute atomic E-state index is 0.0109. The molecule has 146 valence electrons. The third kappa shape index (κ3) is 4.48. The number of aromatic nitrogens is 1. The SMILES string of the molecule is C[C@H](OC(=O)CCc1nc2ccccc2s1)C(=O)Nc1ccc(F)c(F)c1F. The number of benzene rings is 2. The van der Waals surface area contributed by atoms with Crippen molar-refractivity contribution in [3.8, 4) is 0 Å². The molecule has 2 aromatic carbocycles. The van der Waals surface area contributed by atoms with Gasteiger partial charge in [-0.15, -0.1) is 11.3 Å². The summed E-state index contributed by atoms with van der Waals surface area (Å²) in [5.41, 5.74) is 0.304. The van der Waals surface area contributed by atoms with Gasteiger partial charge < -0.3 is 10.1 Å². The van der Waals surface area contributed by atoms with E-state index in [-0.39, 0.29) is 6.42 Å². The van der Waals surface area contributed by atoms with Crippen molar-refractivity contribution in [1.29, 1.82) is 0 Å². The number of carbonyl (C=O) groups is 2. The first-order valence-electron chi connectivity index (χ1n) is 8.33. The summed E-state index contributed by atoms with van der Waals surface area (Å²) in [6.45, 7) is 1.29. The van der Waals surface area contributed by atoms with Crippen molar-refractivity contribution in [3.63, 3.8) is 0 Å². The number of thiazole rings is 1. The summed E-state index contributed by atoms with van der Waals surface area (Å²) in [5, 5.41) is 2.83. The van der Waals surface area contributed by atoms with Gasteiger partial charge >= 0.3 is 5.97 Å². The number of hydrogen-bond acceptors (Lipinski definition) is 5. The van der Waals surface area contributed by atoms with Gasteiger partial charge in [-0.2, -0.15) is 0 Å². The van der Waals surface area contributed by atoms with E-state index < -0.39 is 41.1 Å². The number of nitrogens with zero attached hydrogens (tertiary/aromatic N) is 1. The topological polar surface area (TPSA) is 68.3 Å². The predicted octanol–water partition coefficient (Wildman–Crippen LogP) is 4.22. The largest absolute Gasteiger partial charge is 0.453 e. The number of para-hydroxylation sites is 1. The van der Waals surface area contributed by atoms with Crippen molar-refractivity contribution in [1.82, 2.24) is 4.98 Å². The zero-order valence-electron chi connectivity index (χ0n) is 14.7. The van der Waals surface area contributed by atoms with E-state index in [1.807, 2.05) is 24.3 Å². The summed E-state index contributed by atoms with van der Waals surface area (Å²) in [7, 11) is 0. The number of carbonyl (C=O) groups excluding carboxylic acids is 2. The molecule has 3 rings (SSSR count). The molecule has 5 nitrogen and oxygen atoms in total. The predicted molar refractivity (Wildman–Crippen MR) is 98.4 cm³/mol. The Morgan fingerprint density at radius 3 is 2.64 bits per heavy atom. The average Bonchev–Trinajstić information content (AvgIpc) is 3.09. The molecule has 0 bridgehead atoms. The first-order valence-corrected chi connectivity index (χ1v) is 9.15. The van der Waals surface area contributed by atoms with Gasteiger partial charge in [0, 0.05) is 6.42 Å². The highest BCUT2D eigenvalue weighted by Gasteiger charge is 2.21. The third-order valence-electron chi connectivity index (χ3n) is 3.85. The molecule has 0 aliphatic rings. The molecule has 0 saturated carbocycles. The molecule has 0 fully saturated rings. The molecule has 0 aliphatic heterocycles. The lowest BCUT2D eigenvalue weighted by Gasteiger charge is -2.14. The summed E-state index contributed by atoms with van der Waals surface area (Å²) >= 11 is 1.46. The van der Waals surface area contributed by atoms with Crippen LogP contribution in [0.25, 0.3) is 10.2 Å². The molecule has 1 heterocycles. The number of hydrogen-bond donors (Lipinski definition) is 1. The Morgan fingerprint density at radius 1 is 1.14 bits per heavy atom. The zero-order valence-corrected chi connectivity index (χ0v) is 15.5. The average molecular weight is 408 g/mol. The molecule has 28 heavy (non-hydrogen) atoms. The summed E-state index contributed by atoms with van der Waals surface area (Å²) in [6.07, 6.45) is -0.878. The van der Waals surface area contributed by atoms with E-state index >= 15 is 0 Å². The number of aryl methyl sites for hydroxylation is 1.